The van der Waals surface area contributed by atoms with Crippen molar-refractivity contribution in [2.45, 2.75) is 49.7 Å². The lowest BCUT2D eigenvalue weighted by Gasteiger charge is -2.35. The third-order valence-electron chi connectivity index (χ3n) is 6.44. The summed E-state index contributed by atoms with van der Waals surface area (Å²) >= 11 is 0. The molecule has 1 aromatic carbocycles. The zero-order valence-corrected chi connectivity index (χ0v) is 21.9. The van der Waals surface area contributed by atoms with Gasteiger partial charge in [0.15, 0.2) is 0 Å². The van der Waals surface area contributed by atoms with Crippen LogP contribution in [-0.2, 0) is 19.6 Å². The van der Waals surface area contributed by atoms with E-state index in [1.807, 2.05) is 6.07 Å². The van der Waals surface area contributed by atoms with Gasteiger partial charge in [-0.1, -0.05) is 12.1 Å². The first-order valence-corrected chi connectivity index (χ1v) is 13.8. The molecule has 0 bridgehead atoms. The second-order valence-corrected chi connectivity index (χ2v) is 11.5. The highest BCUT2D eigenvalue weighted by Crippen LogP contribution is 2.36. The lowest BCUT2D eigenvalue weighted by Crippen LogP contribution is -2.57. The fourth-order valence-electron chi connectivity index (χ4n) is 3.91. The summed E-state index contributed by atoms with van der Waals surface area (Å²) in [4.78, 5) is 26.5. The summed E-state index contributed by atoms with van der Waals surface area (Å²) in [5, 5.41) is 13.7. The molecule has 1 saturated carbocycles. The number of amides is 2. The molecule has 3 rings (SSSR count). The molecule has 39 heavy (non-hydrogen) atoms. The van der Waals surface area contributed by atoms with Gasteiger partial charge in [0.2, 0.25) is 15.9 Å². The molecule has 2 fully saturated rings. The van der Waals surface area contributed by atoms with Gasteiger partial charge in [-0.05, 0) is 37.5 Å². The number of benzene rings is 1. The van der Waals surface area contributed by atoms with E-state index in [-0.39, 0.29) is 45.6 Å². The number of carbonyl (C=O) groups excluding carboxylic acids is 2. The lowest BCUT2D eigenvalue weighted by atomic mass is 10.0. The Morgan fingerprint density at radius 3 is 2.26 bits per heavy atom. The van der Waals surface area contributed by atoms with Gasteiger partial charge in [0, 0.05) is 32.7 Å². The molecular formula is C23H30F4N6O5S. The number of nitriles is 1. The van der Waals surface area contributed by atoms with Crippen molar-refractivity contribution in [3.63, 3.8) is 0 Å². The Morgan fingerprint density at radius 2 is 1.77 bits per heavy atom. The van der Waals surface area contributed by atoms with Crippen molar-refractivity contribution in [1.29, 1.82) is 5.26 Å². The number of nitrogens with one attached hydrogen (secondary N) is 2. The van der Waals surface area contributed by atoms with Crippen molar-refractivity contribution >= 4 is 22.0 Å². The molecule has 1 aromatic rings. The number of hydrogen-bond acceptors (Lipinski definition) is 8. The van der Waals surface area contributed by atoms with Gasteiger partial charge >= 0.3 is 12.3 Å². The summed E-state index contributed by atoms with van der Waals surface area (Å²) in [5.41, 5.74) is 3.73. The molecule has 2 amide bonds. The van der Waals surface area contributed by atoms with E-state index in [4.69, 9.17) is 10.5 Å². The minimum absolute atomic E-state index is 0.0437. The minimum atomic E-state index is -4.97. The zero-order valence-electron chi connectivity index (χ0n) is 21.1. The molecule has 2 aliphatic rings. The number of sulfonamides is 1. The monoisotopic (exact) mass is 578 g/mol. The third-order valence-corrected chi connectivity index (χ3v) is 8.35. The van der Waals surface area contributed by atoms with Crippen LogP contribution in [0.4, 0.5) is 22.4 Å². The number of alkyl halides is 3. The Balaban J connectivity index is 1.78. The van der Waals surface area contributed by atoms with Gasteiger partial charge < -0.3 is 20.7 Å². The number of piperazine rings is 1. The smallest absolute Gasteiger partial charge is 0.410 e. The Bertz CT molecular complexity index is 1180. The zero-order chi connectivity index (χ0) is 29.0. The minimum Gasteiger partial charge on any atom is -0.445 e. The molecule has 0 aromatic heterocycles. The molecule has 1 aliphatic carbocycles. The molecule has 1 heterocycles. The fourth-order valence-corrected chi connectivity index (χ4v) is 5.51. The quantitative estimate of drug-likeness (QED) is 0.347. The first-order chi connectivity index (χ1) is 18.2. The molecule has 4 N–H and O–H groups in total. The maximum Gasteiger partial charge on any atom is 0.410 e. The summed E-state index contributed by atoms with van der Waals surface area (Å²) in [6, 6.07) is 0.855. The summed E-state index contributed by atoms with van der Waals surface area (Å²) in [7, 11) is -4.33. The van der Waals surface area contributed by atoms with Crippen LogP contribution < -0.4 is 16.4 Å². The van der Waals surface area contributed by atoms with Crippen molar-refractivity contribution < 1.29 is 40.3 Å². The van der Waals surface area contributed by atoms with E-state index in [1.54, 1.807) is 6.92 Å². The Hall–Kier alpha value is -3.00. The third kappa shape index (κ3) is 8.01. The number of halogens is 4. The highest BCUT2D eigenvalue weighted by molar-refractivity contribution is 7.89. The molecule has 1 aliphatic heterocycles. The van der Waals surface area contributed by atoms with Gasteiger partial charge in [-0.15, -0.1) is 0 Å². The van der Waals surface area contributed by atoms with Crippen LogP contribution in [0.5, 0.6) is 0 Å². The molecule has 16 heteroatoms. The molecule has 11 nitrogen and oxygen atoms in total. The summed E-state index contributed by atoms with van der Waals surface area (Å²) in [6.45, 7) is 1.25. The number of hydrogen-bond donors (Lipinski definition) is 3. The molecule has 216 valence electrons. The number of nitrogens with two attached hydrogens (primary N) is 1. The van der Waals surface area contributed by atoms with Crippen LogP contribution in [-0.4, -0.2) is 92.0 Å². The Morgan fingerprint density at radius 1 is 1.18 bits per heavy atom. The molecule has 1 saturated heterocycles. The van der Waals surface area contributed by atoms with Crippen molar-refractivity contribution in [3.8, 4) is 6.07 Å². The average molecular weight is 579 g/mol. The van der Waals surface area contributed by atoms with Gasteiger partial charge in [0.1, 0.15) is 29.5 Å². The predicted octanol–water partition coefficient (Wildman–Crippen LogP) is 0.991. The molecular weight excluding hydrogens is 548 g/mol. The summed E-state index contributed by atoms with van der Waals surface area (Å²) in [5.74, 6) is -2.92. The van der Waals surface area contributed by atoms with Crippen LogP contribution in [0.1, 0.15) is 31.4 Å². The van der Waals surface area contributed by atoms with Crippen LogP contribution in [0.2, 0.25) is 0 Å². The van der Waals surface area contributed by atoms with Crippen LogP contribution in [0.25, 0.3) is 0 Å². The van der Waals surface area contributed by atoms with Crippen molar-refractivity contribution in [2.75, 3.05) is 38.5 Å². The van der Waals surface area contributed by atoms with Crippen molar-refractivity contribution in [3.05, 3.63) is 35.6 Å². The number of rotatable bonds is 10. The standard InChI is InChI=1S/C23H30F4N6O5S/c1-15(12-28)38-21(35)32-8-10-33(11-9-32)39(36,37)13-18(20(34)31-22(14-29)6-7-22)30-19(23(25,26)27)16-2-4-17(24)5-3-16/h2-5,15,18-19,30H,6-13,28H2,1H3,(H,31,34)/t15?,18-,19+/m1/s1. The average Bonchev–Trinajstić information content (AvgIpc) is 3.66. The van der Waals surface area contributed by atoms with Gasteiger partial charge in [0.05, 0.1) is 11.8 Å². The lowest BCUT2D eigenvalue weighted by molar-refractivity contribution is -0.160. The van der Waals surface area contributed by atoms with Crippen LogP contribution in [0, 0.1) is 17.1 Å². The van der Waals surface area contributed by atoms with E-state index in [9.17, 15) is 40.8 Å². The Labute approximate surface area is 223 Å². The number of nitrogens with zero attached hydrogens (tertiary/aromatic N) is 3. The van der Waals surface area contributed by atoms with Crippen LogP contribution in [0.15, 0.2) is 24.3 Å². The Kier molecular flexibility index (Phi) is 9.42. The first kappa shape index (κ1) is 30.5. The van der Waals surface area contributed by atoms with Crippen molar-refractivity contribution in [2.24, 2.45) is 5.73 Å². The van der Waals surface area contributed by atoms with Gasteiger partial charge in [0.25, 0.3) is 0 Å². The number of carbonyl (C=O) groups is 2. The molecule has 0 spiro atoms. The SMILES string of the molecule is CC(CN)OC(=O)N1CCN(S(=O)(=O)C[C@@H](N[C@@H](c2ccc(F)cc2)C(F)(F)F)C(=O)NC2(C#N)CC2)CC1. The number of ether oxygens (including phenoxy) is 1. The molecule has 1 unspecified atom stereocenters. The van der Waals surface area contributed by atoms with E-state index >= 15 is 0 Å². The van der Waals surface area contributed by atoms with E-state index in [0.717, 1.165) is 28.6 Å². The second kappa shape index (κ2) is 12.0. The van der Waals surface area contributed by atoms with Crippen molar-refractivity contribution in [1.82, 2.24) is 19.8 Å². The fraction of sp³-hybridized carbons (Fsp3) is 0.609. The van der Waals surface area contributed by atoms with Gasteiger partial charge in [-0.3, -0.25) is 10.1 Å². The van der Waals surface area contributed by atoms with E-state index in [1.165, 1.54) is 4.90 Å². The topological polar surface area (TPSA) is 158 Å². The molecule has 0 radical (unpaired) electrons. The summed E-state index contributed by atoms with van der Waals surface area (Å²) < 4.78 is 87.9. The maximum atomic E-state index is 14.0. The first-order valence-electron chi connectivity index (χ1n) is 12.1. The van der Waals surface area contributed by atoms with Gasteiger partial charge in [-0.2, -0.15) is 22.7 Å². The molecule has 3 atom stereocenters. The highest BCUT2D eigenvalue weighted by atomic mass is 32.2. The largest absolute Gasteiger partial charge is 0.445 e. The van der Waals surface area contributed by atoms with Crippen LogP contribution >= 0.6 is 0 Å². The second-order valence-electron chi connectivity index (χ2n) is 9.52. The maximum absolute atomic E-state index is 14.0. The summed E-state index contributed by atoms with van der Waals surface area (Å²) in [6.07, 6.45) is -5.65. The van der Waals surface area contributed by atoms with Crippen LogP contribution in [0.3, 0.4) is 0 Å². The normalized spacial score (nSPS) is 19.9. The van der Waals surface area contributed by atoms with Gasteiger partial charge in [-0.25, -0.2) is 17.6 Å². The highest BCUT2D eigenvalue weighted by Gasteiger charge is 2.48. The van der Waals surface area contributed by atoms with E-state index in [0.29, 0.717) is 0 Å². The van der Waals surface area contributed by atoms with E-state index < -0.39 is 69.1 Å². The predicted molar refractivity (Wildman–Crippen MR) is 130 cm³/mol. The van der Waals surface area contributed by atoms with E-state index in [2.05, 4.69) is 10.6 Å².